The van der Waals surface area contributed by atoms with E-state index in [1.165, 1.54) is 0 Å². The number of benzene rings is 2. The Kier molecular flexibility index (Phi) is 7.36. The normalized spacial score (nSPS) is 11.2. The van der Waals surface area contributed by atoms with Gasteiger partial charge in [0, 0.05) is 10.0 Å². The van der Waals surface area contributed by atoms with Crippen LogP contribution in [0.15, 0.2) is 48.5 Å². The van der Waals surface area contributed by atoms with Gasteiger partial charge in [0.2, 0.25) is 11.9 Å². The highest BCUT2D eigenvalue weighted by molar-refractivity contribution is 6.36. The molecule has 0 spiro atoms. The maximum atomic E-state index is 12.0. The molecule has 0 heterocycles. The second kappa shape index (κ2) is 9.72. The predicted molar refractivity (Wildman–Crippen MR) is 105 cm³/mol. The molecule has 28 heavy (non-hydrogen) atoms. The molecule has 2 aromatic carbocycles. The van der Waals surface area contributed by atoms with Gasteiger partial charge < -0.3 is 10.4 Å². The summed E-state index contributed by atoms with van der Waals surface area (Å²) in [5, 5.41) is 24.0. The van der Waals surface area contributed by atoms with Gasteiger partial charge in [-0.2, -0.15) is 0 Å². The van der Waals surface area contributed by atoms with Gasteiger partial charge in [0.15, 0.2) is 6.04 Å². The van der Waals surface area contributed by atoms with Crippen LogP contribution in [0, 0.1) is 5.41 Å². The molecule has 146 valence electrons. The van der Waals surface area contributed by atoms with Crippen molar-refractivity contribution in [1.82, 2.24) is 16.0 Å². The maximum absolute atomic E-state index is 12.0. The van der Waals surface area contributed by atoms with Gasteiger partial charge in [-0.1, -0.05) is 59.6 Å². The fourth-order valence-electron chi connectivity index (χ4n) is 2.29. The van der Waals surface area contributed by atoms with Crippen LogP contribution < -0.4 is 16.0 Å². The van der Waals surface area contributed by atoms with Crippen molar-refractivity contribution in [2.75, 3.05) is 0 Å². The number of aliphatic carboxylic acids is 1. The van der Waals surface area contributed by atoms with E-state index in [2.05, 4.69) is 16.0 Å². The summed E-state index contributed by atoms with van der Waals surface area (Å²) in [6.45, 7) is 0. The van der Waals surface area contributed by atoms with Gasteiger partial charge in [0.05, 0.1) is 6.42 Å². The Morgan fingerprint density at radius 3 is 2.14 bits per heavy atom. The van der Waals surface area contributed by atoms with Gasteiger partial charge in [0.1, 0.15) is 0 Å². The number of amides is 3. The molecule has 3 amide bonds. The fraction of sp³-hybridized carbons (Fsp3) is 0.111. The first kappa shape index (κ1) is 21.2. The molecule has 2 aromatic rings. The average molecular weight is 423 g/mol. The zero-order chi connectivity index (χ0) is 20.7. The van der Waals surface area contributed by atoms with E-state index in [9.17, 15) is 19.5 Å². The second-order valence-electron chi connectivity index (χ2n) is 5.58. The summed E-state index contributed by atoms with van der Waals surface area (Å²) in [6, 6.07) is 10.6. The second-order valence-corrected chi connectivity index (χ2v) is 6.39. The summed E-state index contributed by atoms with van der Waals surface area (Å²) < 4.78 is 0. The fourth-order valence-corrected chi connectivity index (χ4v) is 2.82. The Morgan fingerprint density at radius 2 is 1.57 bits per heavy atom. The van der Waals surface area contributed by atoms with Crippen molar-refractivity contribution in [2.45, 2.75) is 12.5 Å². The summed E-state index contributed by atoms with van der Waals surface area (Å²) in [5.41, 5.74) is 0.740. The van der Waals surface area contributed by atoms with Gasteiger partial charge in [-0.05, 0) is 23.3 Å². The van der Waals surface area contributed by atoms with E-state index in [4.69, 9.17) is 28.6 Å². The number of hydrogen-bond donors (Lipinski definition) is 5. The lowest BCUT2D eigenvalue weighted by Gasteiger charge is -2.16. The zero-order valence-electron chi connectivity index (χ0n) is 14.3. The molecule has 1 unspecified atom stereocenters. The maximum Gasteiger partial charge on any atom is 0.330 e. The average Bonchev–Trinajstić information content (AvgIpc) is 2.63. The lowest BCUT2D eigenvalue weighted by Crippen LogP contribution is -2.49. The largest absolute Gasteiger partial charge is 0.479 e. The molecule has 0 aliphatic rings. The Hall–Kier alpha value is -3.10. The van der Waals surface area contributed by atoms with Gasteiger partial charge in [-0.15, -0.1) is 0 Å². The molecule has 2 rings (SSSR count). The van der Waals surface area contributed by atoms with Crippen molar-refractivity contribution in [2.24, 2.45) is 0 Å². The van der Waals surface area contributed by atoms with Crippen LogP contribution >= 0.6 is 23.2 Å². The Bertz CT molecular complexity index is 885. The van der Waals surface area contributed by atoms with E-state index in [1.807, 2.05) is 0 Å². The SMILES string of the molecule is N=C(NC(=O)Cc1c(Cl)cccc1Cl)NC(=O)NC(C(=O)O)c1ccccc1. The van der Waals surface area contributed by atoms with Crippen molar-refractivity contribution in [3.05, 3.63) is 69.7 Å². The van der Waals surface area contributed by atoms with Crippen LogP contribution in [0.2, 0.25) is 10.0 Å². The van der Waals surface area contributed by atoms with Crippen LogP contribution in [0.1, 0.15) is 17.2 Å². The smallest absolute Gasteiger partial charge is 0.330 e. The van der Waals surface area contributed by atoms with Crippen LogP contribution in [0.5, 0.6) is 0 Å². The van der Waals surface area contributed by atoms with Gasteiger partial charge in [-0.25, -0.2) is 9.59 Å². The number of rotatable bonds is 5. The number of carboxylic acids is 1. The highest BCUT2D eigenvalue weighted by atomic mass is 35.5. The summed E-state index contributed by atoms with van der Waals surface area (Å²) in [7, 11) is 0. The summed E-state index contributed by atoms with van der Waals surface area (Å²) >= 11 is 12.0. The molecule has 5 N–H and O–H groups in total. The minimum absolute atomic E-state index is 0.202. The van der Waals surface area contributed by atoms with Crippen LogP contribution in [-0.2, 0) is 16.0 Å². The highest BCUT2D eigenvalue weighted by Crippen LogP contribution is 2.24. The summed E-state index contributed by atoms with van der Waals surface area (Å²) in [5.74, 6) is -2.52. The Balaban J connectivity index is 1.92. The molecule has 0 fully saturated rings. The molecule has 1 atom stereocenters. The quantitative estimate of drug-likeness (QED) is 0.374. The number of guanidine groups is 1. The van der Waals surface area contributed by atoms with Crippen LogP contribution in [0.25, 0.3) is 0 Å². The summed E-state index contributed by atoms with van der Waals surface area (Å²) in [4.78, 5) is 35.4. The molecule has 0 aromatic heterocycles. The first-order valence-corrected chi connectivity index (χ1v) is 8.70. The molecule has 0 aliphatic heterocycles. The third-order valence-electron chi connectivity index (χ3n) is 3.56. The van der Waals surface area contributed by atoms with Crippen LogP contribution in [-0.4, -0.2) is 29.0 Å². The summed E-state index contributed by atoms with van der Waals surface area (Å²) in [6.07, 6.45) is -0.202. The number of hydrogen-bond acceptors (Lipinski definition) is 4. The molecule has 0 radical (unpaired) electrons. The van der Waals surface area contributed by atoms with Crippen molar-refractivity contribution < 1.29 is 19.5 Å². The molecular weight excluding hydrogens is 407 g/mol. The monoisotopic (exact) mass is 422 g/mol. The minimum atomic E-state index is -1.31. The van der Waals surface area contributed by atoms with Crippen molar-refractivity contribution >= 4 is 47.1 Å². The molecule has 8 nitrogen and oxygen atoms in total. The number of nitrogens with one attached hydrogen (secondary N) is 4. The molecular formula is C18H16Cl2N4O4. The van der Waals surface area contributed by atoms with Crippen LogP contribution in [0.3, 0.4) is 0 Å². The lowest BCUT2D eigenvalue weighted by atomic mass is 10.1. The van der Waals surface area contributed by atoms with Gasteiger partial charge in [0.25, 0.3) is 0 Å². The highest BCUT2D eigenvalue weighted by Gasteiger charge is 2.22. The topological polar surface area (TPSA) is 131 Å². The number of halogens is 2. The number of carbonyl (C=O) groups is 3. The van der Waals surface area contributed by atoms with Crippen molar-refractivity contribution in [1.29, 1.82) is 5.41 Å². The standard InChI is InChI=1S/C18H16Cl2N4O4/c19-12-7-4-8-13(20)11(12)9-14(25)22-17(21)24-18(28)23-15(16(26)27)10-5-2-1-3-6-10/h1-8,15H,9H2,(H,26,27)(H4,21,22,23,24,25,28). The number of urea groups is 1. The van der Waals surface area contributed by atoms with E-state index in [0.717, 1.165) is 0 Å². The van der Waals surface area contributed by atoms with Gasteiger partial charge in [-0.3, -0.25) is 20.8 Å². The van der Waals surface area contributed by atoms with E-state index in [0.29, 0.717) is 21.2 Å². The first-order chi connectivity index (χ1) is 13.3. The molecule has 10 heteroatoms. The third-order valence-corrected chi connectivity index (χ3v) is 4.27. The van der Waals surface area contributed by atoms with Crippen molar-refractivity contribution in [3.8, 4) is 0 Å². The molecule has 0 saturated heterocycles. The lowest BCUT2D eigenvalue weighted by molar-refractivity contribution is -0.139. The Labute approximate surface area is 170 Å². The van der Waals surface area contributed by atoms with Crippen LogP contribution in [0.4, 0.5) is 4.79 Å². The third kappa shape index (κ3) is 5.97. The number of carbonyl (C=O) groups excluding carboxylic acids is 2. The predicted octanol–water partition coefficient (Wildman–Crippen LogP) is 2.71. The number of carboxylic acid groups (broad SMARTS) is 1. The van der Waals surface area contributed by atoms with E-state index < -0.39 is 29.9 Å². The van der Waals surface area contributed by atoms with E-state index >= 15 is 0 Å². The zero-order valence-corrected chi connectivity index (χ0v) is 15.8. The Morgan fingerprint density at radius 1 is 0.964 bits per heavy atom. The molecule has 0 saturated carbocycles. The van der Waals surface area contributed by atoms with Crippen molar-refractivity contribution in [3.63, 3.8) is 0 Å². The van der Waals surface area contributed by atoms with E-state index in [1.54, 1.807) is 48.5 Å². The molecule has 0 bridgehead atoms. The van der Waals surface area contributed by atoms with Gasteiger partial charge >= 0.3 is 12.0 Å². The molecule has 0 aliphatic carbocycles. The van der Waals surface area contributed by atoms with E-state index in [-0.39, 0.29) is 6.42 Å². The first-order valence-electron chi connectivity index (χ1n) is 7.94. The minimum Gasteiger partial charge on any atom is -0.479 e.